The second-order valence-corrected chi connectivity index (χ2v) is 5.99. The second kappa shape index (κ2) is 5.15. The molecule has 2 aromatic rings. The van der Waals surface area contributed by atoms with Crippen LogP contribution in [0.25, 0.3) is 0 Å². The van der Waals surface area contributed by atoms with E-state index in [9.17, 15) is 4.79 Å². The van der Waals surface area contributed by atoms with Crippen LogP contribution in [0.5, 0.6) is 0 Å². The predicted molar refractivity (Wildman–Crippen MR) is 88.3 cm³/mol. The molecular weight excluding hydrogens is 292 g/mol. The van der Waals surface area contributed by atoms with Gasteiger partial charge in [0.1, 0.15) is 11.4 Å². The number of fused-ring (bicyclic) bond motifs is 2. The summed E-state index contributed by atoms with van der Waals surface area (Å²) in [5.41, 5.74) is 8.04. The molecule has 0 atom stereocenters. The molecule has 1 fully saturated rings. The predicted octanol–water partition coefficient (Wildman–Crippen LogP) is 2.72. The molecule has 23 heavy (non-hydrogen) atoms. The van der Waals surface area contributed by atoms with Crippen LogP contribution in [0, 0.1) is 0 Å². The summed E-state index contributed by atoms with van der Waals surface area (Å²) >= 11 is 0. The third-order valence-electron chi connectivity index (χ3n) is 4.64. The molecule has 6 nitrogen and oxygen atoms in total. The van der Waals surface area contributed by atoms with Gasteiger partial charge in [-0.25, -0.2) is 9.78 Å². The Kier molecular flexibility index (Phi) is 3.11. The Bertz CT molecular complexity index is 737. The van der Waals surface area contributed by atoms with Gasteiger partial charge in [0.2, 0.25) is 0 Å². The summed E-state index contributed by atoms with van der Waals surface area (Å²) in [6, 6.07) is 11.7. The molecule has 0 unspecified atom stereocenters. The van der Waals surface area contributed by atoms with Gasteiger partial charge in [-0.3, -0.25) is 5.32 Å². The minimum absolute atomic E-state index is 0.419. The highest BCUT2D eigenvalue weighted by Gasteiger charge is 2.44. The summed E-state index contributed by atoms with van der Waals surface area (Å²) in [5.74, 6) is 0.615. The summed E-state index contributed by atoms with van der Waals surface area (Å²) in [6.07, 6.45) is 2.74. The topological polar surface area (TPSA) is 80.5 Å². The molecule has 1 aromatic carbocycles. The normalized spacial score (nSPS) is 19.0. The van der Waals surface area contributed by atoms with E-state index in [1.807, 2.05) is 36.4 Å². The molecule has 0 bridgehead atoms. The largest absolute Gasteiger partial charge is 0.437 e. The number of nitrogens with two attached hydrogens (primary N) is 1. The van der Waals surface area contributed by atoms with Gasteiger partial charge < -0.3 is 15.4 Å². The highest BCUT2D eigenvalue weighted by Crippen LogP contribution is 2.43. The number of nitrogens with one attached hydrogen (secondary N) is 1. The number of carbonyl (C=O) groups excluding carboxylic acids is 1. The standard InChI is InChI=1S/C17H18N4O2/c18-12-3-5-13(6-4-12)21-10-7-17(8-11-21)14-2-1-9-19-15(14)20-16(22)23-17/h1-6,9H,7-8,10-11,18H2,(H,19,20,22). The van der Waals surface area contributed by atoms with Gasteiger partial charge >= 0.3 is 6.09 Å². The first kappa shape index (κ1) is 13.9. The average Bonchev–Trinajstić information content (AvgIpc) is 2.56. The lowest BCUT2D eigenvalue weighted by Gasteiger charge is -2.44. The molecule has 1 amide bonds. The molecule has 6 heteroatoms. The van der Waals surface area contributed by atoms with Gasteiger partial charge in [0.25, 0.3) is 0 Å². The zero-order valence-electron chi connectivity index (χ0n) is 12.7. The fraction of sp³-hybridized carbons (Fsp3) is 0.294. The van der Waals surface area contributed by atoms with Crippen molar-refractivity contribution in [2.24, 2.45) is 0 Å². The van der Waals surface area contributed by atoms with Gasteiger partial charge in [0, 0.05) is 49.1 Å². The Hall–Kier alpha value is -2.76. The molecule has 0 aliphatic carbocycles. The van der Waals surface area contributed by atoms with E-state index in [0.717, 1.165) is 42.9 Å². The first-order valence-corrected chi connectivity index (χ1v) is 7.72. The number of aromatic nitrogens is 1. The lowest BCUT2D eigenvalue weighted by atomic mass is 9.83. The SMILES string of the molecule is Nc1ccc(N2CCC3(CC2)OC(=O)Nc2ncccc23)cc1. The molecular formula is C17H18N4O2. The van der Waals surface area contributed by atoms with Crippen LogP contribution in [0.15, 0.2) is 42.6 Å². The fourth-order valence-corrected chi connectivity index (χ4v) is 3.41. The molecule has 2 aliphatic heterocycles. The number of carbonyl (C=O) groups is 1. The number of benzene rings is 1. The van der Waals surface area contributed by atoms with Crippen LogP contribution in [-0.2, 0) is 10.3 Å². The van der Waals surface area contributed by atoms with Crippen LogP contribution >= 0.6 is 0 Å². The quantitative estimate of drug-likeness (QED) is 0.792. The fourth-order valence-electron chi connectivity index (χ4n) is 3.41. The minimum atomic E-state index is -0.573. The Morgan fingerprint density at radius 1 is 1.17 bits per heavy atom. The Morgan fingerprint density at radius 2 is 1.91 bits per heavy atom. The molecule has 2 aliphatic rings. The number of nitrogen functional groups attached to an aromatic ring is 1. The third-order valence-corrected chi connectivity index (χ3v) is 4.64. The number of ether oxygens (including phenoxy) is 1. The van der Waals surface area contributed by atoms with Crippen LogP contribution in [0.4, 0.5) is 22.0 Å². The van der Waals surface area contributed by atoms with E-state index in [1.165, 1.54) is 0 Å². The summed E-state index contributed by atoms with van der Waals surface area (Å²) in [4.78, 5) is 18.4. The van der Waals surface area contributed by atoms with E-state index >= 15 is 0 Å². The number of hydrogen-bond acceptors (Lipinski definition) is 5. The van der Waals surface area contributed by atoms with Gasteiger partial charge in [-0.15, -0.1) is 0 Å². The van der Waals surface area contributed by atoms with Crippen LogP contribution in [0.2, 0.25) is 0 Å². The maximum Gasteiger partial charge on any atom is 0.413 e. The smallest absolute Gasteiger partial charge is 0.413 e. The molecule has 3 heterocycles. The number of nitrogens with zero attached hydrogens (tertiary/aromatic N) is 2. The number of pyridine rings is 1. The van der Waals surface area contributed by atoms with Gasteiger partial charge in [-0.2, -0.15) is 0 Å². The van der Waals surface area contributed by atoms with Crippen LogP contribution in [0.3, 0.4) is 0 Å². The lowest BCUT2D eigenvalue weighted by Crippen LogP contribution is -2.48. The van der Waals surface area contributed by atoms with E-state index in [1.54, 1.807) is 6.20 Å². The maximum atomic E-state index is 11.9. The van der Waals surface area contributed by atoms with Crippen molar-refractivity contribution < 1.29 is 9.53 Å². The maximum absolute atomic E-state index is 11.9. The van der Waals surface area contributed by atoms with Crippen LogP contribution < -0.4 is 16.0 Å². The van der Waals surface area contributed by atoms with Crippen LogP contribution in [-0.4, -0.2) is 24.2 Å². The summed E-state index contributed by atoms with van der Waals surface area (Å²) < 4.78 is 5.71. The molecule has 1 aromatic heterocycles. The van der Waals surface area contributed by atoms with Crippen molar-refractivity contribution >= 4 is 23.3 Å². The van der Waals surface area contributed by atoms with Crippen molar-refractivity contribution in [2.75, 3.05) is 29.0 Å². The van der Waals surface area contributed by atoms with E-state index in [0.29, 0.717) is 5.82 Å². The number of hydrogen-bond donors (Lipinski definition) is 2. The Balaban J connectivity index is 1.59. The zero-order valence-corrected chi connectivity index (χ0v) is 12.7. The molecule has 0 radical (unpaired) electrons. The van der Waals surface area contributed by atoms with Crippen LogP contribution in [0.1, 0.15) is 18.4 Å². The monoisotopic (exact) mass is 310 g/mol. The van der Waals surface area contributed by atoms with Gasteiger partial charge in [-0.05, 0) is 36.4 Å². The third kappa shape index (κ3) is 2.36. The second-order valence-electron chi connectivity index (χ2n) is 5.99. The molecule has 4 rings (SSSR count). The highest BCUT2D eigenvalue weighted by atomic mass is 16.6. The molecule has 1 spiro atoms. The first-order chi connectivity index (χ1) is 11.2. The van der Waals surface area contributed by atoms with Crippen molar-refractivity contribution in [1.29, 1.82) is 0 Å². The van der Waals surface area contributed by atoms with Gasteiger partial charge in [0.05, 0.1) is 0 Å². The average molecular weight is 310 g/mol. The Labute approximate surface area is 134 Å². The first-order valence-electron chi connectivity index (χ1n) is 7.72. The highest BCUT2D eigenvalue weighted by molar-refractivity contribution is 5.87. The van der Waals surface area contributed by atoms with Crippen molar-refractivity contribution in [3.63, 3.8) is 0 Å². The molecule has 0 saturated carbocycles. The summed E-state index contributed by atoms with van der Waals surface area (Å²) in [6.45, 7) is 1.62. The molecule has 3 N–H and O–H groups in total. The number of anilines is 3. The van der Waals surface area contributed by atoms with Gasteiger partial charge in [-0.1, -0.05) is 0 Å². The lowest BCUT2D eigenvalue weighted by molar-refractivity contribution is -0.00844. The van der Waals surface area contributed by atoms with Crippen molar-refractivity contribution in [3.8, 4) is 0 Å². The van der Waals surface area contributed by atoms with E-state index in [4.69, 9.17) is 10.5 Å². The van der Waals surface area contributed by atoms with Crippen molar-refractivity contribution in [2.45, 2.75) is 18.4 Å². The Morgan fingerprint density at radius 3 is 2.65 bits per heavy atom. The van der Waals surface area contributed by atoms with Crippen molar-refractivity contribution in [1.82, 2.24) is 4.98 Å². The van der Waals surface area contributed by atoms with Gasteiger partial charge in [0.15, 0.2) is 0 Å². The van der Waals surface area contributed by atoms with E-state index in [2.05, 4.69) is 15.2 Å². The van der Waals surface area contributed by atoms with Crippen molar-refractivity contribution in [3.05, 3.63) is 48.2 Å². The molecule has 118 valence electrons. The molecule has 1 saturated heterocycles. The summed E-state index contributed by atoms with van der Waals surface area (Å²) in [5, 5.41) is 2.68. The minimum Gasteiger partial charge on any atom is -0.437 e. The number of amides is 1. The van der Waals surface area contributed by atoms with E-state index < -0.39 is 11.7 Å². The number of rotatable bonds is 1. The van der Waals surface area contributed by atoms with E-state index in [-0.39, 0.29) is 0 Å². The number of piperidine rings is 1. The summed E-state index contributed by atoms with van der Waals surface area (Å²) in [7, 11) is 0. The zero-order chi connectivity index (χ0) is 15.9.